The summed E-state index contributed by atoms with van der Waals surface area (Å²) in [6.07, 6.45) is 2.01. The third kappa shape index (κ3) is 2.85. The Morgan fingerprint density at radius 3 is 2.59 bits per heavy atom. The van der Waals surface area contributed by atoms with E-state index in [-0.39, 0.29) is 0 Å². The fourth-order valence-corrected chi connectivity index (χ4v) is 1.69. The number of nitrogens with two attached hydrogens (primary N) is 1. The van der Waals surface area contributed by atoms with Gasteiger partial charge in [0.25, 0.3) is 0 Å². The number of benzene rings is 1. The lowest BCUT2D eigenvalue weighted by Crippen LogP contribution is -2.18. The van der Waals surface area contributed by atoms with Crippen LogP contribution in [0.15, 0.2) is 36.5 Å². The van der Waals surface area contributed by atoms with E-state index in [2.05, 4.69) is 10.00 Å². The molecule has 0 amide bonds. The van der Waals surface area contributed by atoms with Crippen molar-refractivity contribution in [3.63, 3.8) is 0 Å². The van der Waals surface area contributed by atoms with Crippen LogP contribution in [0.25, 0.3) is 11.1 Å². The first-order valence-corrected chi connectivity index (χ1v) is 5.70. The summed E-state index contributed by atoms with van der Waals surface area (Å²) in [5, 5.41) is 4.33. The SMILES string of the molecule is CN(C)CCn1cc(-c2ccccc2)c(N)n1. The van der Waals surface area contributed by atoms with E-state index in [4.69, 9.17) is 5.73 Å². The maximum absolute atomic E-state index is 5.93. The molecule has 4 heteroatoms. The predicted molar refractivity (Wildman–Crippen MR) is 70.6 cm³/mol. The Kier molecular flexibility index (Phi) is 3.44. The van der Waals surface area contributed by atoms with Crippen molar-refractivity contribution in [2.24, 2.45) is 0 Å². The zero-order valence-corrected chi connectivity index (χ0v) is 10.3. The summed E-state index contributed by atoms with van der Waals surface area (Å²) < 4.78 is 1.90. The molecule has 2 aromatic rings. The van der Waals surface area contributed by atoms with Crippen LogP contribution in [0.4, 0.5) is 5.82 Å². The van der Waals surface area contributed by atoms with E-state index >= 15 is 0 Å². The zero-order valence-electron chi connectivity index (χ0n) is 10.3. The minimum atomic E-state index is 0.593. The number of rotatable bonds is 4. The van der Waals surface area contributed by atoms with Gasteiger partial charge in [0.2, 0.25) is 0 Å². The van der Waals surface area contributed by atoms with Crippen molar-refractivity contribution in [3.05, 3.63) is 36.5 Å². The molecule has 17 heavy (non-hydrogen) atoms. The molecule has 0 aliphatic rings. The van der Waals surface area contributed by atoms with Crippen LogP contribution in [-0.4, -0.2) is 35.3 Å². The van der Waals surface area contributed by atoms with Gasteiger partial charge in [0.15, 0.2) is 5.82 Å². The average Bonchev–Trinajstić information content (AvgIpc) is 2.69. The van der Waals surface area contributed by atoms with Crippen molar-refractivity contribution >= 4 is 5.82 Å². The fraction of sp³-hybridized carbons (Fsp3) is 0.308. The summed E-state index contributed by atoms with van der Waals surface area (Å²) in [5.41, 5.74) is 8.05. The second kappa shape index (κ2) is 5.01. The number of nitrogen functional groups attached to an aromatic ring is 1. The third-order valence-electron chi connectivity index (χ3n) is 2.65. The van der Waals surface area contributed by atoms with E-state index in [0.29, 0.717) is 5.82 Å². The summed E-state index contributed by atoms with van der Waals surface area (Å²) in [6.45, 7) is 1.80. The van der Waals surface area contributed by atoms with Crippen molar-refractivity contribution in [2.45, 2.75) is 6.54 Å². The first-order chi connectivity index (χ1) is 8.16. The Balaban J connectivity index is 2.20. The molecule has 0 unspecified atom stereocenters. The highest BCUT2D eigenvalue weighted by Crippen LogP contribution is 2.24. The predicted octanol–water partition coefficient (Wildman–Crippen LogP) is 1.69. The van der Waals surface area contributed by atoms with Crippen LogP contribution in [0.1, 0.15) is 0 Å². The van der Waals surface area contributed by atoms with Crippen molar-refractivity contribution in [2.75, 3.05) is 26.4 Å². The number of hydrogen-bond donors (Lipinski definition) is 1. The topological polar surface area (TPSA) is 47.1 Å². The van der Waals surface area contributed by atoms with E-state index in [1.807, 2.05) is 55.3 Å². The van der Waals surface area contributed by atoms with Crippen molar-refractivity contribution in [3.8, 4) is 11.1 Å². The smallest absolute Gasteiger partial charge is 0.153 e. The number of anilines is 1. The summed E-state index contributed by atoms with van der Waals surface area (Å²) in [7, 11) is 4.09. The first kappa shape index (κ1) is 11.7. The maximum atomic E-state index is 5.93. The van der Waals surface area contributed by atoms with E-state index in [9.17, 15) is 0 Å². The Labute approximate surface area is 102 Å². The molecule has 0 fully saturated rings. The maximum Gasteiger partial charge on any atom is 0.153 e. The van der Waals surface area contributed by atoms with Crippen LogP contribution < -0.4 is 5.73 Å². The summed E-state index contributed by atoms with van der Waals surface area (Å²) >= 11 is 0. The molecule has 1 heterocycles. The minimum Gasteiger partial charge on any atom is -0.382 e. The minimum absolute atomic E-state index is 0.593. The van der Waals surface area contributed by atoms with Gasteiger partial charge in [-0.3, -0.25) is 4.68 Å². The van der Waals surface area contributed by atoms with Crippen LogP contribution in [0, 0.1) is 0 Å². The van der Waals surface area contributed by atoms with Gasteiger partial charge >= 0.3 is 0 Å². The number of hydrogen-bond acceptors (Lipinski definition) is 3. The molecular formula is C13H18N4. The van der Waals surface area contributed by atoms with Crippen LogP contribution in [-0.2, 0) is 6.54 Å². The molecule has 0 atom stereocenters. The summed E-state index contributed by atoms with van der Waals surface area (Å²) in [4.78, 5) is 2.13. The van der Waals surface area contributed by atoms with Gasteiger partial charge < -0.3 is 10.6 Å². The molecule has 0 spiro atoms. The van der Waals surface area contributed by atoms with Gasteiger partial charge in [-0.25, -0.2) is 0 Å². The second-order valence-electron chi connectivity index (χ2n) is 4.36. The Hall–Kier alpha value is -1.81. The molecule has 0 bridgehead atoms. The van der Waals surface area contributed by atoms with Gasteiger partial charge in [-0.05, 0) is 19.7 Å². The monoisotopic (exact) mass is 230 g/mol. The second-order valence-corrected chi connectivity index (χ2v) is 4.36. The van der Waals surface area contributed by atoms with Gasteiger partial charge in [0.05, 0.1) is 6.54 Å². The van der Waals surface area contributed by atoms with E-state index in [1.165, 1.54) is 0 Å². The van der Waals surface area contributed by atoms with Crippen molar-refractivity contribution in [1.82, 2.24) is 14.7 Å². The Bertz CT molecular complexity index is 473. The quantitative estimate of drug-likeness (QED) is 0.869. The van der Waals surface area contributed by atoms with Crippen molar-refractivity contribution in [1.29, 1.82) is 0 Å². The van der Waals surface area contributed by atoms with Gasteiger partial charge in [-0.2, -0.15) is 5.10 Å². The van der Waals surface area contributed by atoms with E-state index < -0.39 is 0 Å². The molecule has 0 radical (unpaired) electrons. The lowest BCUT2D eigenvalue weighted by molar-refractivity contribution is 0.373. The van der Waals surface area contributed by atoms with Gasteiger partial charge in [-0.15, -0.1) is 0 Å². The molecule has 90 valence electrons. The normalized spacial score (nSPS) is 11.0. The highest BCUT2D eigenvalue weighted by atomic mass is 15.3. The Morgan fingerprint density at radius 1 is 1.24 bits per heavy atom. The molecule has 0 aliphatic heterocycles. The lowest BCUT2D eigenvalue weighted by atomic mass is 10.1. The average molecular weight is 230 g/mol. The molecule has 0 saturated heterocycles. The molecule has 1 aromatic heterocycles. The molecule has 2 rings (SSSR count). The number of likely N-dealkylation sites (N-methyl/N-ethyl adjacent to an activating group) is 1. The third-order valence-corrected chi connectivity index (χ3v) is 2.65. The largest absolute Gasteiger partial charge is 0.382 e. The number of aromatic nitrogens is 2. The molecule has 0 saturated carbocycles. The van der Waals surface area contributed by atoms with Crippen LogP contribution >= 0.6 is 0 Å². The zero-order chi connectivity index (χ0) is 12.3. The van der Waals surface area contributed by atoms with E-state index in [0.717, 1.165) is 24.2 Å². The fourth-order valence-electron chi connectivity index (χ4n) is 1.69. The van der Waals surface area contributed by atoms with Crippen LogP contribution in [0.2, 0.25) is 0 Å². The molecular weight excluding hydrogens is 212 g/mol. The van der Waals surface area contributed by atoms with Gasteiger partial charge in [0.1, 0.15) is 0 Å². The summed E-state index contributed by atoms with van der Waals surface area (Å²) in [6, 6.07) is 10.1. The molecule has 4 nitrogen and oxygen atoms in total. The van der Waals surface area contributed by atoms with Gasteiger partial charge in [0, 0.05) is 18.3 Å². The lowest BCUT2D eigenvalue weighted by Gasteiger charge is -2.08. The molecule has 1 aromatic carbocycles. The highest BCUT2D eigenvalue weighted by molar-refractivity contribution is 5.72. The van der Waals surface area contributed by atoms with Gasteiger partial charge in [-0.1, -0.05) is 30.3 Å². The van der Waals surface area contributed by atoms with Crippen LogP contribution in [0.3, 0.4) is 0 Å². The molecule has 2 N–H and O–H groups in total. The number of nitrogens with zero attached hydrogens (tertiary/aromatic N) is 3. The Morgan fingerprint density at radius 2 is 1.94 bits per heavy atom. The first-order valence-electron chi connectivity index (χ1n) is 5.70. The highest BCUT2D eigenvalue weighted by Gasteiger charge is 2.07. The van der Waals surface area contributed by atoms with Crippen molar-refractivity contribution < 1.29 is 0 Å². The van der Waals surface area contributed by atoms with E-state index in [1.54, 1.807) is 0 Å². The molecule has 0 aliphatic carbocycles. The summed E-state index contributed by atoms with van der Waals surface area (Å²) in [5.74, 6) is 0.593. The van der Waals surface area contributed by atoms with Crippen LogP contribution in [0.5, 0.6) is 0 Å². The standard InChI is InChI=1S/C13H18N4/c1-16(2)8-9-17-10-12(13(14)15-17)11-6-4-3-5-7-11/h3-7,10H,8-9H2,1-2H3,(H2,14,15).